The second-order valence-electron chi connectivity index (χ2n) is 4.34. The number of carbonyl (C=O) groups is 1. The Morgan fingerprint density at radius 2 is 2.20 bits per heavy atom. The molecule has 1 amide bonds. The van der Waals surface area contributed by atoms with Crippen molar-refractivity contribution in [1.82, 2.24) is 10.6 Å². The number of carbonyl (C=O) groups excluding carboxylic acids is 1. The summed E-state index contributed by atoms with van der Waals surface area (Å²) in [5.41, 5.74) is 0. The van der Waals surface area contributed by atoms with Crippen LogP contribution in [0.5, 0.6) is 0 Å². The lowest BCUT2D eigenvalue weighted by Crippen LogP contribution is -2.36. The van der Waals surface area contributed by atoms with Crippen molar-refractivity contribution in [2.45, 2.75) is 32.8 Å². The molecule has 1 rings (SSSR count). The third-order valence-electron chi connectivity index (χ3n) is 2.29. The maximum atomic E-state index is 11.3. The van der Waals surface area contributed by atoms with Gasteiger partial charge in [-0.05, 0) is 39.2 Å². The van der Waals surface area contributed by atoms with Crippen molar-refractivity contribution in [1.29, 1.82) is 0 Å². The van der Waals surface area contributed by atoms with Crippen LogP contribution in [0.3, 0.4) is 0 Å². The molecule has 1 fully saturated rings. The Balaban J connectivity index is 1.84. The molecule has 1 aliphatic rings. The smallest absolute Gasteiger partial charge is 0.234 e. The highest BCUT2D eigenvalue weighted by Crippen LogP contribution is 2.27. The van der Waals surface area contributed by atoms with Gasteiger partial charge in [0.05, 0.1) is 19.3 Å². The van der Waals surface area contributed by atoms with E-state index in [0.29, 0.717) is 19.7 Å². The average molecular weight is 214 g/mol. The highest BCUT2D eigenvalue weighted by molar-refractivity contribution is 5.77. The molecular weight excluding hydrogens is 192 g/mol. The molecule has 0 saturated heterocycles. The summed E-state index contributed by atoms with van der Waals surface area (Å²) in [6, 6.07) is 0. The molecule has 0 atom stereocenters. The highest BCUT2D eigenvalue weighted by atomic mass is 16.5. The Labute approximate surface area is 91.8 Å². The standard InChI is InChI=1S/C11H22N2O2/c1-9(2)15-6-5-13-11(14)8-12-7-10-3-4-10/h9-10,12H,3-8H2,1-2H3,(H,13,14). The van der Waals surface area contributed by atoms with Gasteiger partial charge in [-0.25, -0.2) is 0 Å². The molecule has 15 heavy (non-hydrogen) atoms. The molecule has 0 aromatic carbocycles. The summed E-state index contributed by atoms with van der Waals surface area (Å²) >= 11 is 0. The topological polar surface area (TPSA) is 50.4 Å². The number of ether oxygens (including phenoxy) is 1. The highest BCUT2D eigenvalue weighted by Gasteiger charge is 2.20. The minimum absolute atomic E-state index is 0.0583. The molecule has 0 aliphatic heterocycles. The second-order valence-corrected chi connectivity index (χ2v) is 4.34. The summed E-state index contributed by atoms with van der Waals surface area (Å²) in [5, 5.41) is 5.95. The number of hydrogen-bond acceptors (Lipinski definition) is 3. The lowest BCUT2D eigenvalue weighted by atomic mass is 10.4. The zero-order chi connectivity index (χ0) is 11.1. The van der Waals surface area contributed by atoms with Crippen molar-refractivity contribution in [2.75, 3.05) is 26.2 Å². The predicted octanol–water partition coefficient (Wildman–Crippen LogP) is 0.527. The SMILES string of the molecule is CC(C)OCCNC(=O)CNCC1CC1. The molecule has 0 radical (unpaired) electrons. The van der Waals surface area contributed by atoms with Gasteiger partial charge >= 0.3 is 0 Å². The van der Waals surface area contributed by atoms with Gasteiger partial charge in [0, 0.05) is 6.54 Å². The molecule has 0 heterocycles. The van der Waals surface area contributed by atoms with Crippen LogP contribution in [0.15, 0.2) is 0 Å². The second kappa shape index (κ2) is 6.80. The van der Waals surface area contributed by atoms with Gasteiger partial charge in [0.2, 0.25) is 5.91 Å². The first-order valence-electron chi connectivity index (χ1n) is 5.77. The van der Waals surface area contributed by atoms with Crippen LogP contribution in [0, 0.1) is 5.92 Å². The van der Waals surface area contributed by atoms with Gasteiger partial charge in [-0.2, -0.15) is 0 Å². The van der Waals surface area contributed by atoms with Crippen LogP contribution in [0.1, 0.15) is 26.7 Å². The molecule has 4 heteroatoms. The van der Waals surface area contributed by atoms with Gasteiger partial charge in [0.25, 0.3) is 0 Å². The van der Waals surface area contributed by atoms with Crippen molar-refractivity contribution in [3.8, 4) is 0 Å². The van der Waals surface area contributed by atoms with Crippen LogP contribution < -0.4 is 10.6 Å². The predicted molar refractivity (Wildman–Crippen MR) is 59.7 cm³/mol. The average Bonchev–Trinajstić information content (AvgIpc) is 2.96. The Morgan fingerprint density at radius 1 is 1.47 bits per heavy atom. The molecule has 4 nitrogen and oxygen atoms in total. The molecule has 1 aliphatic carbocycles. The number of nitrogens with one attached hydrogen (secondary N) is 2. The van der Waals surface area contributed by atoms with Crippen LogP contribution in [-0.2, 0) is 9.53 Å². The Kier molecular flexibility index (Phi) is 5.65. The van der Waals surface area contributed by atoms with Gasteiger partial charge in [0.1, 0.15) is 0 Å². The van der Waals surface area contributed by atoms with Crippen LogP contribution >= 0.6 is 0 Å². The molecular formula is C11H22N2O2. The van der Waals surface area contributed by atoms with E-state index in [1.807, 2.05) is 13.8 Å². The van der Waals surface area contributed by atoms with E-state index in [0.717, 1.165) is 12.5 Å². The fraction of sp³-hybridized carbons (Fsp3) is 0.909. The van der Waals surface area contributed by atoms with Gasteiger partial charge in [-0.3, -0.25) is 4.79 Å². The molecule has 88 valence electrons. The molecule has 0 unspecified atom stereocenters. The fourth-order valence-electron chi connectivity index (χ4n) is 1.26. The first-order chi connectivity index (χ1) is 7.18. The summed E-state index contributed by atoms with van der Waals surface area (Å²) in [6.07, 6.45) is 2.86. The molecule has 1 saturated carbocycles. The number of amides is 1. The van der Waals surface area contributed by atoms with Crippen molar-refractivity contribution < 1.29 is 9.53 Å². The van der Waals surface area contributed by atoms with E-state index < -0.39 is 0 Å². The monoisotopic (exact) mass is 214 g/mol. The third kappa shape index (κ3) is 7.33. The normalized spacial score (nSPS) is 15.7. The lowest BCUT2D eigenvalue weighted by molar-refractivity contribution is -0.120. The fourth-order valence-corrected chi connectivity index (χ4v) is 1.26. The molecule has 0 aromatic rings. The first kappa shape index (κ1) is 12.5. The minimum atomic E-state index is 0.0583. The van der Waals surface area contributed by atoms with E-state index in [1.165, 1.54) is 12.8 Å². The van der Waals surface area contributed by atoms with E-state index in [2.05, 4.69) is 10.6 Å². The van der Waals surface area contributed by atoms with Crippen LogP contribution in [0.4, 0.5) is 0 Å². The van der Waals surface area contributed by atoms with Crippen molar-refractivity contribution in [2.24, 2.45) is 5.92 Å². The quantitative estimate of drug-likeness (QED) is 0.579. The Hall–Kier alpha value is -0.610. The van der Waals surface area contributed by atoms with Gasteiger partial charge < -0.3 is 15.4 Å². The zero-order valence-corrected chi connectivity index (χ0v) is 9.71. The summed E-state index contributed by atoms with van der Waals surface area (Å²) in [5.74, 6) is 0.880. The minimum Gasteiger partial charge on any atom is -0.377 e. The largest absolute Gasteiger partial charge is 0.377 e. The van der Waals surface area contributed by atoms with Crippen LogP contribution in [-0.4, -0.2) is 38.3 Å². The molecule has 2 N–H and O–H groups in total. The van der Waals surface area contributed by atoms with E-state index in [-0.39, 0.29) is 12.0 Å². The van der Waals surface area contributed by atoms with Gasteiger partial charge in [0.15, 0.2) is 0 Å². The van der Waals surface area contributed by atoms with E-state index in [1.54, 1.807) is 0 Å². The Morgan fingerprint density at radius 3 is 2.80 bits per heavy atom. The summed E-state index contributed by atoms with van der Waals surface area (Å²) < 4.78 is 5.31. The van der Waals surface area contributed by atoms with Crippen molar-refractivity contribution in [3.63, 3.8) is 0 Å². The molecule has 0 spiro atoms. The van der Waals surface area contributed by atoms with Crippen LogP contribution in [0.2, 0.25) is 0 Å². The maximum absolute atomic E-state index is 11.3. The maximum Gasteiger partial charge on any atom is 0.234 e. The van der Waals surface area contributed by atoms with Gasteiger partial charge in [-0.1, -0.05) is 0 Å². The van der Waals surface area contributed by atoms with Crippen molar-refractivity contribution >= 4 is 5.91 Å². The molecule has 0 aromatic heterocycles. The third-order valence-corrected chi connectivity index (χ3v) is 2.29. The number of rotatable bonds is 8. The summed E-state index contributed by atoms with van der Waals surface area (Å²) in [6.45, 7) is 6.57. The number of hydrogen-bond donors (Lipinski definition) is 2. The van der Waals surface area contributed by atoms with Gasteiger partial charge in [-0.15, -0.1) is 0 Å². The van der Waals surface area contributed by atoms with E-state index in [9.17, 15) is 4.79 Å². The van der Waals surface area contributed by atoms with E-state index in [4.69, 9.17) is 4.74 Å². The summed E-state index contributed by atoms with van der Waals surface area (Å²) in [7, 11) is 0. The summed E-state index contributed by atoms with van der Waals surface area (Å²) in [4.78, 5) is 11.3. The molecule has 0 bridgehead atoms. The van der Waals surface area contributed by atoms with Crippen molar-refractivity contribution in [3.05, 3.63) is 0 Å². The van der Waals surface area contributed by atoms with Crippen LogP contribution in [0.25, 0.3) is 0 Å². The first-order valence-corrected chi connectivity index (χ1v) is 5.77. The Bertz CT molecular complexity index is 191. The zero-order valence-electron chi connectivity index (χ0n) is 9.71. The lowest BCUT2D eigenvalue weighted by Gasteiger charge is -2.09. The van der Waals surface area contributed by atoms with E-state index >= 15 is 0 Å².